The second-order valence-corrected chi connectivity index (χ2v) is 4.02. The van der Waals surface area contributed by atoms with Crippen molar-refractivity contribution < 1.29 is 45.0 Å². The van der Waals surface area contributed by atoms with Gasteiger partial charge in [-0.05, 0) is 25.9 Å². The van der Waals surface area contributed by atoms with Crippen LogP contribution in [0, 0.1) is 0 Å². The van der Waals surface area contributed by atoms with Gasteiger partial charge < -0.3 is 9.87 Å². The van der Waals surface area contributed by atoms with Crippen LogP contribution in [0.15, 0.2) is 0 Å². The fourth-order valence-corrected chi connectivity index (χ4v) is 0.479. The van der Waals surface area contributed by atoms with Crippen LogP contribution in [0.5, 0.6) is 0 Å². The zero-order chi connectivity index (χ0) is 12.5. The molecule has 0 heterocycles. The van der Waals surface area contributed by atoms with Gasteiger partial charge in [0.05, 0.1) is 0 Å². The van der Waals surface area contributed by atoms with Crippen LogP contribution < -0.4 is 24.2 Å². The van der Waals surface area contributed by atoms with Crippen molar-refractivity contribution >= 4 is 10.1 Å². The summed E-state index contributed by atoms with van der Waals surface area (Å²) in [7, 11) is -6.09. The molecule has 0 aromatic rings. The molecule has 0 atom stereocenters. The summed E-state index contributed by atoms with van der Waals surface area (Å²) in [5.74, 6) is 0. The predicted molar refractivity (Wildman–Crippen MR) is 49.2 cm³/mol. The van der Waals surface area contributed by atoms with E-state index in [9.17, 15) is 13.2 Å². The van der Waals surface area contributed by atoms with Gasteiger partial charge in [0.25, 0.3) is 0 Å². The molecule has 0 spiro atoms. The van der Waals surface area contributed by atoms with Crippen LogP contribution in [-0.4, -0.2) is 31.6 Å². The Morgan fingerprint density at radius 2 is 1.38 bits per heavy atom. The van der Waals surface area contributed by atoms with Gasteiger partial charge in [0, 0.05) is 0 Å². The van der Waals surface area contributed by atoms with Crippen LogP contribution in [0.1, 0.15) is 26.7 Å². The van der Waals surface area contributed by atoms with E-state index in [1.165, 1.54) is 25.9 Å². The molecule has 9 heteroatoms. The number of alkyl halides is 3. The molecular formula is C7H15F3LiNO3S. The molecular weight excluding hydrogens is 242 g/mol. The molecule has 94 valence electrons. The largest absolute Gasteiger partial charge is 1.00 e. The molecule has 0 aliphatic heterocycles. The van der Waals surface area contributed by atoms with E-state index in [1.807, 2.05) is 0 Å². The van der Waals surface area contributed by atoms with Crippen molar-refractivity contribution in [1.29, 1.82) is 0 Å². The fourth-order valence-electron chi connectivity index (χ4n) is 0.479. The summed E-state index contributed by atoms with van der Waals surface area (Å²) in [6, 6.07) is 0. The minimum atomic E-state index is -6.09. The minimum absolute atomic E-state index is 0. The Morgan fingerprint density at radius 1 is 1.12 bits per heavy atom. The van der Waals surface area contributed by atoms with Gasteiger partial charge in [0.1, 0.15) is 0 Å². The number of halogens is 3. The zero-order valence-electron chi connectivity index (χ0n) is 9.60. The maximum atomic E-state index is 10.7. The molecule has 0 radical (unpaired) electrons. The van der Waals surface area contributed by atoms with E-state index in [2.05, 4.69) is 19.2 Å². The molecule has 0 aromatic carbocycles. The summed E-state index contributed by atoms with van der Waals surface area (Å²) in [5, 5.41) is 3.28. The Morgan fingerprint density at radius 3 is 1.50 bits per heavy atom. The third-order valence-electron chi connectivity index (χ3n) is 1.14. The maximum absolute atomic E-state index is 10.7. The van der Waals surface area contributed by atoms with Gasteiger partial charge in [0.15, 0.2) is 10.1 Å². The average Bonchev–Trinajstić information content (AvgIpc) is 2.03. The first-order valence-corrected chi connectivity index (χ1v) is 5.80. The SMILES string of the molecule is CCCNCCC.O=S(=O)([O-])C(F)(F)F.[Li+]. The van der Waals surface area contributed by atoms with Crippen LogP contribution in [0.4, 0.5) is 13.2 Å². The van der Waals surface area contributed by atoms with Crippen molar-refractivity contribution in [3.8, 4) is 0 Å². The van der Waals surface area contributed by atoms with Crippen molar-refractivity contribution in [2.45, 2.75) is 32.2 Å². The topological polar surface area (TPSA) is 69.2 Å². The summed E-state index contributed by atoms with van der Waals surface area (Å²) in [6.07, 6.45) is 2.50. The normalized spacial score (nSPS) is 11.1. The number of rotatable bonds is 4. The Hall–Kier alpha value is 0.257. The van der Waals surface area contributed by atoms with Crippen molar-refractivity contribution in [3.05, 3.63) is 0 Å². The number of hydrogen-bond donors (Lipinski definition) is 1. The standard InChI is InChI=1S/C6H15N.CHF3O3S.Li/c1-3-5-7-6-4-2;2-1(3,4)8(5,6)7;/h7H,3-6H2,1-2H3;(H,5,6,7);/q;;+1/p-1. The van der Waals surface area contributed by atoms with Gasteiger partial charge in [-0.2, -0.15) is 13.2 Å². The van der Waals surface area contributed by atoms with Crippen LogP contribution >= 0.6 is 0 Å². The monoisotopic (exact) mass is 257 g/mol. The Labute approximate surface area is 106 Å². The molecule has 0 rings (SSSR count). The fraction of sp³-hybridized carbons (Fsp3) is 1.00. The van der Waals surface area contributed by atoms with Gasteiger partial charge >= 0.3 is 24.4 Å². The van der Waals surface area contributed by atoms with E-state index < -0.39 is 15.6 Å². The second-order valence-electron chi connectivity index (χ2n) is 2.65. The van der Waals surface area contributed by atoms with E-state index in [-0.39, 0.29) is 18.9 Å². The molecule has 0 aromatic heterocycles. The molecule has 0 amide bonds. The molecule has 0 saturated carbocycles. The Balaban J connectivity index is -0.000000200. The number of nitrogens with one attached hydrogen (secondary N) is 1. The first-order valence-electron chi connectivity index (χ1n) is 4.39. The van der Waals surface area contributed by atoms with Crippen LogP contribution in [0.2, 0.25) is 0 Å². The van der Waals surface area contributed by atoms with Crippen molar-refractivity contribution in [2.75, 3.05) is 13.1 Å². The molecule has 1 N–H and O–H groups in total. The van der Waals surface area contributed by atoms with Crippen LogP contribution in [0.3, 0.4) is 0 Å². The van der Waals surface area contributed by atoms with Crippen LogP contribution in [-0.2, 0) is 10.1 Å². The first kappa shape index (κ1) is 21.5. The molecule has 0 aliphatic rings. The average molecular weight is 257 g/mol. The summed E-state index contributed by atoms with van der Waals surface area (Å²) in [5.41, 5.74) is -5.65. The van der Waals surface area contributed by atoms with E-state index in [4.69, 9.17) is 13.0 Å². The molecule has 0 aliphatic carbocycles. The second kappa shape index (κ2) is 10.4. The van der Waals surface area contributed by atoms with E-state index in [0.717, 1.165) is 0 Å². The molecule has 0 bridgehead atoms. The summed E-state index contributed by atoms with van der Waals surface area (Å²) in [4.78, 5) is 0. The maximum Gasteiger partial charge on any atom is 1.00 e. The summed E-state index contributed by atoms with van der Waals surface area (Å²) >= 11 is 0. The van der Waals surface area contributed by atoms with Crippen molar-refractivity contribution in [3.63, 3.8) is 0 Å². The first-order chi connectivity index (χ1) is 6.66. The minimum Gasteiger partial charge on any atom is -0.741 e. The van der Waals surface area contributed by atoms with E-state index in [1.54, 1.807) is 0 Å². The quantitative estimate of drug-likeness (QED) is 0.286. The van der Waals surface area contributed by atoms with Crippen molar-refractivity contribution in [2.24, 2.45) is 0 Å². The van der Waals surface area contributed by atoms with Gasteiger partial charge in [0.2, 0.25) is 0 Å². The van der Waals surface area contributed by atoms with Gasteiger partial charge in [-0.1, -0.05) is 13.8 Å². The van der Waals surface area contributed by atoms with Crippen molar-refractivity contribution in [1.82, 2.24) is 5.32 Å². The molecule has 0 fully saturated rings. The van der Waals surface area contributed by atoms with Crippen LogP contribution in [0.25, 0.3) is 0 Å². The van der Waals surface area contributed by atoms with E-state index in [0.29, 0.717) is 0 Å². The summed E-state index contributed by atoms with van der Waals surface area (Å²) < 4.78 is 58.9. The predicted octanol–water partition coefficient (Wildman–Crippen LogP) is -1.55. The van der Waals surface area contributed by atoms with Gasteiger partial charge in [-0.3, -0.25) is 0 Å². The van der Waals surface area contributed by atoms with Gasteiger partial charge in [-0.15, -0.1) is 0 Å². The molecule has 16 heavy (non-hydrogen) atoms. The molecule has 0 unspecified atom stereocenters. The van der Waals surface area contributed by atoms with Gasteiger partial charge in [-0.25, -0.2) is 8.42 Å². The molecule has 4 nitrogen and oxygen atoms in total. The molecule has 0 saturated heterocycles. The number of hydrogen-bond acceptors (Lipinski definition) is 4. The Kier molecular flexibility index (Phi) is 14.0. The zero-order valence-corrected chi connectivity index (χ0v) is 10.4. The summed E-state index contributed by atoms with van der Waals surface area (Å²) in [6.45, 7) is 6.72. The third-order valence-corrected chi connectivity index (χ3v) is 1.70. The smallest absolute Gasteiger partial charge is 0.741 e. The third kappa shape index (κ3) is 14.3. The Bertz CT molecular complexity index is 240. The van der Waals surface area contributed by atoms with E-state index >= 15 is 0 Å².